The van der Waals surface area contributed by atoms with Gasteiger partial charge in [-0.2, -0.15) is 0 Å². The molecule has 0 fully saturated rings. The summed E-state index contributed by atoms with van der Waals surface area (Å²) in [5, 5.41) is 2.50. The summed E-state index contributed by atoms with van der Waals surface area (Å²) in [5.74, 6) is -1.72. The minimum Gasteiger partial charge on any atom is -0.451 e. The summed E-state index contributed by atoms with van der Waals surface area (Å²) >= 11 is 5.77. The first-order chi connectivity index (χ1) is 9.43. The van der Waals surface area contributed by atoms with E-state index in [1.54, 1.807) is 6.92 Å². The highest BCUT2D eigenvalue weighted by atomic mass is 35.5. The van der Waals surface area contributed by atoms with Gasteiger partial charge in [-0.25, -0.2) is 9.18 Å². The number of nitrogens with one attached hydrogen (secondary N) is 1. The van der Waals surface area contributed by atoms with Gasteiger partial charge in [0.2, 0.25) is 0 Å². The molecule has 0 aliphatic rings. The Bertz CT molecular complexity index is 495. The SMILES string of the molecule is CCOCC(=O)OC(C)C(=O)Nc1ccc(F)cc1Cl. The summed E-state index contributed by atoms with van der Waals surface area (Å²) in [4.78, 5) is 23.1. The van der Waals surface area contributed by atoms with E-state index in [9.17, 15) is 14.0 Å². The van der Waals surface area contributed by atoms with Crippen LogP contribution in [0.3, 0.4) is 0 Å². The molecule has 0 saturated heterocycles. The van der Waals surface area contributed by atoms with E-state index >= 15 is 0 Å². The first kappa shape index (κ1) is 16.4. The third-order valence-corrected chi connectivity index (χ3v) is 2.60. The van der Waals surface area contributed by atoms with Crippen molar-refractivity contribution in [2.45, 2.75) is 20.0 Å². The summed E-state index contributed by atoms with van der Waals surface area (Å²) in [5.41, 5.74) is 0.241. The molecular formula is C13H15ClFNO4. The molecule has 20 heavy (non-hydrogen) atoms. The Morgan fingerprint density at radius 1 is 1.45 bits per heavy atom. The fourth-order valence-corrected chi connectivity index (χ4v) is 1.51. The van der Waals surface area contributed by atoms with E-state index in [-0.39, 0.29) is 17.3 Å². The van der Waals surface area contributed by atoms with Crippen molar-refractivity contribution in [3.05, 3.63) is 29.0 Å². The van der Waals surface area contributed by atoms with E-state index in [4.69, 9.17) is 21.1 Å². The molecule has 1 aromatic rings. The third kappa shape index (κ3) is 5.14. The van der Waals surface area contributed by atoms with Gasteiger partial charge < -0.3 is 14.8 Å². The van der Waals surface area contributed by atoms with Gasteiger partial charge in [-0.15, -0.1) is 0 Å². The number of esters is 1. The molecule has 1 unspecified atom stereocenters. The average molecular weight is 304 g/mol. The van der Waals surface area contributed by atoms with E-state index in [1.807, 2.05) is 0 Å². The third-order valence-electron chi connectivity index (χ3n) is 2.29. The van der Waals surface area contributed by atoms with Gasteiger partial charge in [0.15, 0.2) is 6.10 Å². The summed E-state index contributed by atoms with van der Waals surface area (Å²) < 4.78 is 22.6. The Labute approximate surface area is 121 Å². The minimum atomic E-state index is -1.01. The highest BCUT2D eigenvalue weighted by molar-refractivity contribution is 6.33. The molecule has 0 spiro atoms. The molecule has 1 aromatic carbocycles. The number of benzene rings is 1. The lowest BCUT2D eigenvalue weighted by atomic mass is 10.3. The van der Waals surface area contributed by atoms with Crippen LogP contribution in [-0.2, 0) is 19.1 Å². The maximum Gasteiger partial charge on any atom is 0.332 e. The van der Waals surface area contributed by atoms with Gasteiger partial charge in [-0.05, 0) is 32.0 Å². The molecule has 1 atom stereocenters. The van der Waals surface area contributed by atoms with Crippen molar-refractivity contribution in [3.8, 4) is 0 Å². The standard InChI is InChI=1S/C13H15ClFNO4/c1-3-19-7-12(17)20-8(2)13(18)16-11-5-4-9(15)6-10(11)14/h4-6,8H,3,7H2,1-2H3,(H,16,18). The molecule has 7 heteroatoms. The molecule has 0 aliphatic heterocycles. The first-order valence-electron chi connectivity index (χ1n) is 5.97. The van der Waals surface area contributed by atoms with Crippen LogP contribution in [0.2, 0.25) is 5.02 Å². The summed E-state index contributed by atoms with van der Waals surface area (Å²) in [6.45, 7) is 3.31. The smallest absolute Gasteiger partial charge is 0.332 e. The normalized spacial score (nSPS) is 11.8. The van der Waals surface area contributed by atoms with Gasteiger partial charge in [0, 0.05) is 6.61 Å². The second kappa shape index (κ2) is 7.81. The maximum atomic E-state index is 12.9. The zero-order valence-corrected chi connectivity index (χ0v) is 11.9. The largest absolute Gasteiger partial charge is 0.451 e. The Kier molecular flexibility index (Phi) is 6.41. The van der Waals surface area contributed by atoms with E-state index < -0.39 is 23.8 Å². The van der Waals surface area contributed by atoms with Crippen molar-refractivity contribution in [2.24, 2.45) is 0 Å². The van der Waals surface area contributed by atoms with Crippen molar-refractivity contribution in [2.75, 3.05) is 18.5 Å². The lowest BCUT2D eigenvalue weighted by Gasteiger charge is -2.14. The minimum absolute atomic E-state index is 0.0613. The zero-order chi connectivity index (χ0) is 15.1. The Balaban J connectivity index is 2.55. The van der Waals surface area contributed by atoms with Crippen LogP contribution in [0.1, 0.15) is 13.8 Å². The van der Waals surface area contributed by atoms with Crippen LogP contribution in [0, 0.1) is 5.82 Å². The molecule has 0 aliphatic carbocycles. The molecule has 0 aromatic heterocycles. The molecule has 1 rings (SSSR count). The fourth-order valence-electron chi connectivity index (χ4n) is 1.30. The molecule has 0 bridgehead atoms. The highest BCUT2D eigenvalue weighted by Crippen LogP contribution is 2.22. The van der Waals surface area contributed by atoms with Crippen molar-refractivity contribution in [1.29, 1.82) is 0 Å². The second-order valence-electron chi connectivity index (χ2n) is 3.88. The number of rotatable bonds is 6. The highest BCUT2D eigenvalue weighted by Gasteiger charge is 2.18. The topological polar surface area (TPSA) is 64.6 Å². The van der Waals surface area contributed by atoms with Crippen molar-refractivity contribution >= 4 is 29.2 Å². The van der Waals surface area contributed by atoms with Gasteiger partial charge in [-0.3, -0.25) is 4.79 Å². The maximum absolute atomic E-state index is 12.9. The molecular weight excluding hydrogens is 289 g/mol. The Hall–Kier alpha value is -1.66. The monoisotopic (exact) mass is 303 g/mol. The number of amides is 1. The predicted octanol–water partition coefficient (Wildman–Crippen LogP) is 2.39. The quantitative estimate of drug-likeness (QED) is 0.820. The molecule has 1 N–H and O–H groups in total. The molecule has 110 valence electrons. The number of anilines is 1. The molecule has 1 amide bonds. The van der Waals surface area contributed by atoms with E-state index in [0.717, 1.165) is 12.1 Å². The zero-order valence-electron chi connectivity index (χ0n) is 11.1. The van der Waals surface area contributed by atoms with Crippen LogP contribution in [-0.4, -0.2) is 31.2 Å². The Morgan fingerprint density at radius 3 is 2.75 bits per heavy atom. The van der Waals surface area contributed by atoms with E-state index in [0.29, 0.717) is 6.61 Å². The van der Waals surface area contributed by atoms with E-state index in [2.05, 4.69) is 5.32 Å². The van der Waals surface area contributed by atoms with Crippen LogP contribution in [0.25, 0.3) is 0 Å². The van der Waals surface area contributed by atoms with Crippen molar-refractivity contribution in [1.82, 2.24) is 0 Å². The van der Waals surface area contributed by atoms with Gasteiger partial charge in [0.1, 0.15) is 12.4 Å². The number of carbonyl (C=O) groups excluding carboxylic acids is 2. The van der Waals surface area contributed by atoms with E-state index in [1.165, 1.54) is 13.0 Å². The van der Waals surface area contributed by atoms with Crippen molar-refractivity contribution < 1.29 is 23.5 Å². The lowest BCUT2D eigenvalue weighted by Crippen LogP contribution is -2.31. The number of hydrogen-bond acceptors (Lipinski definition) is 4. The number of halogens is 2. The van der Waals surface area contributed by atoms with Crippen LogP contribution >= 0.6 is 11.6 Å². The predicted molar refractivity (Wildman–Crippen MR) is 72.1 cm³/mol. The molecule has 0 saturated carbocycles. The van der Waals surface area contributed by atoms with Crippen molar-refractivity contribution in [3.63, 3.8) is 0 Å². The Morgan fingerprint density at radius 2 is 2.15 bits per heavy atom. The molecule has 0 heterocycles. The van der Waals surface area contributed by atoms with Crippen LogP contribution in [0.15, 0.2) is 18.2 Å². The van der Waals surface area contributed by atoms with Crippen LogP contribution < -0.4 is 5.32 Å². The lowest BCUT2D eigenvalue weighted by molar-refractivity contribution is -0.157. The number of ether oxygens (including phenoxy) is 2. The average Bonchev–Trinajstić information content (AvgIpc) is 2.39. The van der Waals surface area contributed by atoms with Crippen LogP contribution in [0.5, 0.6) is 0 Å². The number of carbonyl (C=O) groups is 2. The van der Waals surface area contributed by atoms with Crippen LogP contribution in [0.4, 0.5) is 10.1 Å². The summed E-state index contributed by atoms with van der Waals surface area (Å²) in [6, 6.07) is 3.56. The number of hydrogen-bond donors (Lipinski definition) is 1. The summed E-state index contributed by atoms with van der Waals surface area (Å²) in [7, 11) is 0. The fraction of sp³-hybridized carbons (Fsp3) is 0.385. The van der Waals surface area contributed by atoms with Gasteiger partial charge in [0.05, 0.1) is 10.7 Å². The van der Waals surface area contributed by atoms with Gasteiger partial charge in [0.25, 0.3) is 5.91 Å². The molecule has 5 nitrogen and oxygen atoms in total. The van der Waals surface area contributed by atoms with Gasteiger partial charge in [-0.1, -0.05) is 11.6 Å². The summed E-state index contributed by atoms with van der Waals surface area (Å²) in [6.07, 6.45) is -1.01. The molecule has 0 radical (unpaired) electrons. The first-order valence-corrected chi connectivity index (χ1v) is 6.35. The second-order valence-corrected chi connectivity index (χ2v) is 4.29. The van der Waals surface area contributed by atoms with Gasteiger partial charge >= 0.3 is 5.97 Å².